The van der Waals surface area contributed by atoms with Crippen LogP contribution in [0.15, 0.2) is 59.7 Å². The first kappa shape index (κ1) is 38.3. The lowest BCUT2D eigenvalue weighted by molar-refractivity contribution is -0.135. The van der Waals surface area contributed by atoms with Gasteiger partial charge in [0.1, 0.15) is 23.7 Å². The average molecular weight is 741 g/mol. The zero-order valence-electron chi connectivity index (χ0n) is 31.9. The van der Waals surface area contributed by atoms with Gasteiger partial charge in [-0.3, -0.25) is 14.6 Å². The van der Waals surface area contributed by atoms with Crippen LogP contribution in [0.3, 0.4) is 0 Å². The summed E-state index contributed by atoms with van der Waals surface area (Å²) in [5, 5.41) is 8.98. The molecule has 0 saturated carbocycles. The molecule has 3 aliphatic rings. The Hall–Kier alpha value is -5.40. The van der Waals surface area contributed by atoms with E-state index in [-0.39, 0.29) is 41.8 Å². The number of aromatic nitrogens is 2. The van der Waals surface area contributed by atoms with Gasteiger partial charge in [-0.1, -0.05) is 76.2 Å². The zero-order chi connectivity index (χ0) is 38.5. The Labute approximate surface area is 316 Å². The second-order valence-corrected chi connectivity index (χ2v) is 14.9. The van der Waals surface area contributed by atoms with E-state index in [4.69, 9.17) is 14.5 Å². The molecule has 2 aromatic carbocycles. The molecule has 4 heterocycles. The molecule has 0 spiro atoms. The Morgan fingerprint density at radius 3 is 1.78 bits per heavy atom. The lowest BCUT2D eigenvalue weighted by atomic mass is 9.99. The number of aromatic amines is 1. The third-order valence-electron chi connectivity index (χ3n) is 10.7. The quantitative estimate of drug-likeness (QED) is 0.208. The number of amides is 4. The van der Waals surface area contributed by atoms with Gasteiger partial charge < -0.3 is 40.2 Å². The fourth-order valence-corrected chi connectivity index (χ4v) is 7.64. The van der Waals surface area contributed by atoms with Crippen molar-refractivity contribution >= 4 is 29.8 Å². The molecular formula is C40H52N8O6. The van der Waals surface area contributed by atoms with Crippen LogP contribution in [-0.2, 0) is 19.1 Å². The predicted octanol–water partition coefficient (Wildman–Crippen LogP) is 5.20. The predicted molar refractivity (Wildman–Crippen MR) is 204 cm³/mol. The molecule has 3 aromatic rings. The Kier molecular flexibility index (Phi) is 11.9. The van der Waals surface area contributed by atoms with Crippen molar-refractivity contribution in [3.63, 3.8) is 0 Å². The normalized spacial score (nSPS) is 20.7. The minimum absolute atomic E-state index is 0.00379. The third-order valence-corrected chi connectivity index (χ3v) is 10.7. The average Bonchev–Trinajstić information content (AvgIpc) is 4.02. The lowest BCUT2D eigenvalue weighted by Gasteiger charge is -2.31. The molecule has 2 fully saturated rings. The number of likely N-dealkylation sites (tertiary alicyclic amines) is 2. The van der Waals surface area contributed by atoms with E-state index >= 15 is 0 Å². The molecule has 4 amide bonds. The summed E-state index contributed by atoms with van der Waals surface area (Å²) in [6.07, 6.45) is 3.89. The molecule has 5 atom stereocenters. The molecule has 0 radical (unpaired) electrons. The molecule has 1 aromatic heterocycles. The second kappa shape index (κ2) is 16.7. The topological polar surface area (TPSA) is 170 Å². The Morgan fingerprint density at radius 1 is 0.741 bits per heavy atom. The summed E-state index contributed by atoms with van der Waals surface area (Å²) < 4.78 is 9.51. The van der Waals surface area contributed by atoms with E-state index in [0.717, 1.165) is 65.3 Å². The maximum Gasteiger partial charge on any atom is 0.407 e. The van der Waals surface area contributed by atoms with Gasteiger partial charge in [-0.05, 0) is 59.8 Å². The van der Waals surface area contributed by atoms with Crippen molar-refractivity contribution < 1.29 is 28.7 Å². The van der Waals surface area contributed by atoms with Gasteiger partial charge in [-0.2, -0.15) is 0 Å². The van der Waals surface area contributed by atoms with Crippen molar-refractivity contribution in [1.82, 2.24) is 35.7 Å². The number of nitrogens with zero attached hydrogens (tertiary/aromatic N) is 4. The lowest BCUT2D eigenvalue weighted by Crippen LogP contribution is -2.54. The number of imidazole rings is 1. The van der Waals surface area contributed by atoms with Crippen LogP contribution in [0, 0.1) is 11.8 Å². The van der Waals surface area contributed by atoms with E-state index in [1.165, 1.54) is 14.2 Å². The van der Waals surface area contributed by atoms with Crippen LogP contribution in [0.25, 0.3) is 22.4 Å². The van der Waals surface area contributed by atoms with Gasteiger partial charge in [-0.15, -0.1) is 0 Å². The monoisotopic (exact) mass is 740 g/mol. The fraction of sp³-hybridized carbons (Fsp3) is 0.500. The number of aliphatic imine (C=N–C) groups is 1. The highest BCUT2D eigenvalue weighted by atomic mass is 16.5. The molecule has 4 N–H and O–H groups in total. The van der Waals surface area contributed by atoms with Crippen molar-refractivity contribution in [2.75, 3.05) is 33.9 Å². The minimum atomic E-state index is -0.684. The number of methoxy groups -OCH3 is 2. The van der Waals surface area contributed by atoms with Gasteiger partial charge >= 0.3 is 12.2 Å². The van der Waals surface area contributed by atoms with Crippen LogP contribution in [0.4, 0.5) is 9.59 Å². The first-order valence-corrected chi connectivity index (χ1v) is 18.9. The minimum Gasteiger partial charge on any atom is -0.453 e. The van der Waals surface area contributed by atoms with Gasteiger partial charge in [0.25, 0.3) is 0 Å². The van der Waals surface area contributed by atoms with Crippen molar-refractivity contribution in [2.24, 2.45) is 16.8 Å². The van der Waals surface area contributed by atoms with Gasteiger partial charge in [-0.25, -0.2) is 14.6 Å². The van der Waals surface area contributed by atoms with Crippen LogP contribution in [0.1, 0.15) is 76.8 Å². The van der Waals surface area contributed by atoms with Crippen LogP contribution in [-0.4, -0.2) is 102 Å². The van der Waals surface area contributed by atoms with E-state index in [0.29, 0.717) is 19.6 Å². The van der Waals surface area contributed by atoms with E-state index in [2.05, 4.69) is 74.4 Å². The van der Waals surface area contributed by atoms with Crippen LogP contribution < -0.4 is 16.0 Å². The highest BCUT2D eigenvalue weighted by Crippen LogP contribution is 2.34. The number of alkyl carbamates (subject to hydrolysis) is 2. The molecule has 2 saturated heterocycles. The molecule has 1 unspecified atom stereocenters. The molecule has 288 valence electrons. The van der Waals surface area contributed by atoms with E-state index in [1.807, 2.05) is 37.5 Å². The molecule has 0 bridgehead atoms. The number of benzene rings is 2. The number of hydrogen-bond acceptors (Lipinski definition) is 9. The SMILES string of the molecule is COC(=O)N[C@H](C(=O)N1CCC[C@H]1C1=NCC(c2ccc(-c3ccc(-c4cnc([C@@H]5CCCN5C(=O)[C@@H](NC(=O)OC)C(C)C)[nH]4)cc3)cc2)N1)C(C)C. The Balaban J connectivity index is 1.07. The van der Waals surface area contributed by atoms with Gasteiger partial charge in [0.15, 0.2) is 0 Å². The number of H-pyrrole nitrogens is 1. The summed E-state index contributed by atoms with van der Waals surface area (Å²) in [6.45, 7) is 9.42. The van der Waals surface area contributed by atoms with Crippen LogP contribution in [0.2, 0.25) is 0 Å². The standard InChI is InChI=1S/C40H52N8O6/c1-23(2)33(45-39(51)53-5)37(49)47-19-7-9-31(47)35-41-21-29(43-35)27-15-11-25(12-16-27)26-13-17-28(18-14-26)30-22-42-36(44-30)32-10-8-20-48(32)38(50)34(24(3)4)46-40(52)54-6/h11-18,21,23-24,30-34H,7-10,19-20,22H2,1-6H3,(H,41,43)(H,42,44)(H,45,51)(H,46,52)/t30?,31-,32-,33-,34-/m0/s1. The molecule has 14 heteroatoms. The maximum atomic E-state index is 13.5. The number of carbonyl (C=O) groups is 4. The number of ether oxygens (including phenoxy) is 2. The summed E-state index contributed by atoms with van der Waals surface area (Å²) >= 11 is 0. The Morgan fingerprint density at radius 2 is 1.24 bits per heavy atom. The van der Waals surface area contributed by atoms with Gasteiger partial charge in [0.2, 0.25) is 11.8 Å². The number of rotatable bonds is 11. The van der Waals surface area contributed by atoms with E-state index in [1.54, 1.807) is 6.20 Å². The third kappa shape index (κ3) is 8.22. The zero-order valence-corrected chi connectivity index (χ0v) is 31.9. The summed E-state index contributed by atoms with van der Waals surface area (Å²) in [6, 6.07) is 15.0. The molecule has 3 aliphatic heterocycles. The number of nitrogens with one attached hydrogen (secondary N) is 4. The van der Waals surface area contributed by atoms with Crippen molar-refractivity contribution in [1.29, 1.82) is 0 Å². The molecule has 54 heavy (non-hydrogen) atoms. The first-order valence-electron chi connectivity index (χ1n) is 18.9. The number of hydrogen-bond donors (Lipinski definition) is 4. The van der Waals surface area contributed by atoms with E-state index in [9.17, 15) is 19.2 Å². The summed E-state index contributed by atoms with van der Waals surface area (Å²) in [7, 11) is 2.59. The summed E-state index contributed by atoms with van der Waals surface area (Å²) in [5.41, 5.74) is 5.12. The Bertz CT molecular complexity index is 1840. The van der Waals surface area contributed by atoms with Crippen molar-refractivity contribution in [3.05, 3.63) is 66.1 Å². The fourth-order valence-electron chi connectivity index (χ4n) is 7.64. The highest BCUT2D eigenvalue weighted by Gasteiger charge is 2.40. The van der Waals surface area contributed by atoms with Crippen LogP contribution >= 0.6 is 0 Å². The van der Waals surface area contributed by atoms with E-state index < -0.39 is 24.3 Å². The van der Waals surface area contributed by atoms with Gasteiger partial charge in [0.05, 0.1) is 50.8 Å². The van der Waals surface area contributed by atoms with Crippen LogP contribution in [0.5, 0.6) is 0 Å². The summed E-state index contributed by atoms with van der Waals surface area (Å²) in [4.78, 5) is 67.5. The van der Waals surface area contributed by atoms with Gasteiger partial charge in [0, 0.05) is 13.1 Å². The number of amidine groups is 1. The second-order valence-electron chi connectivity index (χ2n) is 14.9. The largest absolute Gasteiger partial charge is 0.453 e. The first-order chi connectivity index (χ1) is 26.0. The molecule has 0 aliphatic carbocycles. The molecule has 6 rings (SSSR count). The van der Waals surface area contributed by atoms with Crippen molar-refractivity contribution in [2.45, 2.75) is 83.6 Å². The molecular weight excluding hydrogens is 688 g/mol. The summed E-state index contributed by atoms with van der Waals surface area (Å²) in [5.74, 6) is 1.10. The number of carbonyl (C=O) groups excluding carboxylic acids is 4. The highest BCUT2D eigenvalue weighted by molar-refractivity contribution is 5.95. The smallest absolute Gasteiger partial charge is 0.407 e. The molecule has 14 nitrogen and oxygen atoms in total. The van der Waals surface area contributed by atoms with Crippen molar-refractivity contribution in [3.8, 4) is 22.4 Å². The maximum absolute atomic E-state index is 13.5.